The van der Waals surface area contributed by atoms with E-state index in [0.717, 1.165) is 31.0 Å². The van der Waals surface area contributed by atoms with Crippen LogP contribution in [0.3, 0.4) is 0 Å². The van der Waals surface area contributed by atoms with Crippen LogP contribution >= 0.6 is 0 Å². The summed E-state index contributed by atoms with van der Waals surface area (Å²) in [6.45, 7) is 5.00. The number of nitrogens with zero attached hydrogens (tertiary/aromatic N) is 2. The number of aryl methyl sites for hydroxylation is 2. The van der Waals surface area contributed by atoms with Crippen LogP contribution < -0.4 is 0 Å². The Balaban J connectivity index is 1.80. The predicted molar refractivity (Wildman–Crippen MR) is 73.5 cm³/mol. The van der Waals surface area contributed by atoms with Gasteiger partial charge < -0.3 is 5.11 Å². The van der Waals surface area contributed by atoms with Gasteiger partial charge in [-0.3, -0.25) is 4.68 Å². The Kier molecular flexibility index (Phi) is 4.81. The van der Waals surface area contributed by atoms with Crippen LogP contribution in [0.15, 0.2) is 6.07 Å². The van der Waals surface area contributed by atoms with Gasteiger partial charge in [0.1, 0.15) is 0 Å². The quantitative estimate of drug-likeness (QED) is 0.842. The van der Waals surface area contributed by atoms with E-state index in [1.165, 1.54) is 37.8 Å². The minimum absolute atomic E-state index is 0.202. The van der Waals surface area contributed by atoms with Crippen molar-refractivity contribution in [1.82, 2.24) is 9.78 Å². The first-order valence-electron chi connectivity index (χ1n) is 7.40. The van der Waals surface area contributed by atoms with Gasteiger partial charge in [0.05, 0.1) is 11.8 Å². The maximum atomic E-state index is 10.2. The minimum Gasteiger partial charge on any atom is -0.393 e. The second-order valence-electron chi connectivity index (χ2n) is 5.68. The van der Waals surface area contributed by atoms with Gasteiger partial charge in [-0.05, 0) is 38.7 Å². The van der Waals surface area contributed by atoms with Gasteiger partial charge in [0.2, 0.25) is 0 Å². The fraction of sp³-hybridized carbons (Fsp3) is 0.800. The van der Waals surface area contributed by atoms with Crippen molar-refractivity contribution in [2.45, 2.75) is 71.4 Å². The molecule has 2 rings (SSSR count). The van der Waals surface area contributed by atoms with E-state index in [1.807, 2.05) is 11.6 Å². The summed E-state index contributed by atoms with van der Waals surface area (Å²) < 4.78 is 2.01. The van der Waals surface area contributed by atoms with Gasteiger partial charge in [0.25, 0.3) is 0 Å². The number of hydrogen-bond acceptors (Lipinski definition) is 2. The lowest BCUT2D eigenvalue weighted by molar-refractivity contribution is 0.152. The molecule has 18 heavy (non-hydrogen) atoms. The van der Waals surface area contributed by atoms with Crippen molar-refractivity contribution in [2.75, 3.05) is 0 Å². The third-order valence-electron chi connectivity index (χ3n) is 4.11. The third-order valence-corrected chi connectivity index (χ3v) is 4.11. The van der Waals surface area contributed by atoms with E-state index >= 15 is 0 Å². The molecule has 0 spiro atoms. The third kappa shape index (κ3) is 3.58. The summed E-state index contributed by atoms with van der Waals surface area (Å²) >= 11 is 0. The molecular weight excluding hydrogens is 224 g/mol. The summed E-state index contributed by atoms with van der Waals surface area (Å²) in [6, 6.07) is 2.10. The maximum absolute atomic E-state index is 10.2. The normalized spacial score (nSPS) is 18.4. The van der Waals surface area contributed by atoms with Gasteiger partial charge in [-0.2, -0.15) is 5.10 Å². The molecule has 1 aliphatic rings. The molecule has 1 aliphatic carbocycles. The second kappa shape index (κ2) is 6.37. The van der Waals surface area contributed by atoms with Crippen molar-refractivity contribution >= 4 is 0 Å². The van der Waals surface area contributed by atoms with Crippen molar-refractivity contribution in [3.05, 3.63) is 17.5 Å². The van der Waals surface area contributed by atoms with Crippen LogP contribution in [0.5, 0.6) is 0 Å². The SMILES string of the molecule is CCn1nc(C)cc1CC(O)CCC1CCCC1. The number of hydrogen-bond donors (Lipinski definition) is 1. The van der Waals surface area contributed by atoms with E-state index in [0.29, 0.717) is 0 Å². The van der Waals surface area contributed by atoms with Crippen LogP contribution in [0.1, 0.15) is 56.8 Å². The van der Waals surface area contributed by atoms with Gasteiger partial charge in [0.15, 0.2) is 0 Å². The molecule has 1 aromatic heterocycles. The molecule has 0 amide bonds. The summed E-state index contributed by atoms with van der Waals surface area (Å²) in [5.74, 6) is 0.873. The number of rotatable bonds is 6. The Morgan fingerprint density at radius 3 is 2.83 bits per heavy atom. The molecular formula is C15H26N2O. The van der Waals surface area contributed by atoms with Crippen molar-refractivity contribution in [3.8, 4) is 0 Å². The monoisotopic (exact) mass is 250 g/mol. The molecule has 1 fully saturated rings. The van der Waals surface area contributed by atoms with E-state index in [4.69, 9.17) is 0 Å². The highest BCUT2D eigenvalue weighted by molar-refractivity contribution is 5.09. The first-order chi connectivity index (χ1) is 8.69. The lowest BCUT2D eigenvalue weighted by Crippen LogP contribution is -2.15. The Morgan fingerprint density at radius 2 is 2.17 bits per heavy atom. The molecule has 102 valence electrons. The van der Waals surface area contributed by atoms with E-state index in [9.17, 15) is 5.11 Å². The molecule has 1 saturated carbocycles. The molecule has 1 heterocycles. The van der Waals surface area contributed by atoms with Crippen molar-refractivity contribution in [1.29, 1.82) is 0 Å². The number of aliphatic hydroxyl groups is 1. The zero-order chi connectivity index (χ0) is 13.0. The Labute approximate surface area is 110 Å². The van der Waals surface area contributed by atoms with Crippen molar-refractivity contribution in [2.24, 2.45) is 5.92 Å². The first kappa shape index (κ1) is 13.6. The highest BCUT2D eigenvalue weighted by atomic mass is 16.3. The summed E-state index contributed by atoms with van der Waals surface area (Å²) in [5.41, 5.74) is 2.23. The predicted octanol–water partition coefficient (Wildman–Crippen LogP) is 3.09. The summed E-state index contributed by atoms with van der Waals surface area (Å²) in [4.78, 5) is 0. The Morgan fingerprint density at radius 1 is 1.44 bits per heavy atom. The topological polar surface area (TPSA) is 38.0 Å². The van der Waals surface area contributed by atoms with Gasteiger partial charge >= 0.3 is 0 Å². The van der Waals surface area contributed by atoms with Crippen LogP contribution in [-0.4, -0.2) is 21.0 Å². The maximum Gasteiger partial charge on any atom is 0.0596 e. The van der Waals surface area contributed by atoms with Crippen molar-refractivity contribution < 1.29 is 5.11 Å². The zero-order valence-corrected chi connectivity index (χ0v) is 11.7. The fourth-order valence-corrected chi connectivity index (χ4v) is 3.11. The van der Waals surface area contributed by atoms with E-state index < -0.39 is 0 Å². The molecule has 0 radical (unpaired) electrons. The van der Waals surface area contributed by atoms with E-state index in [1.54, 1.807) is 0 Å². The molecule has 0 saturated heterocycles. The van der Waals surface area contributed by atoms with Crippen LogP contribution in [0.25, 0.3) is 0 Å². The van der Waals surface area contributed by atoms with Gasteiger partial charge in [-0.15, -0.1) is 0 Å². The zero-order valence-electron chi connectivity index (χ0n) is 11.7. The number of aliphatic hydroxyl groups excluding tert-OH is 1. The largest absolute Gasteiger partial charge is 0.393 e. The molecule has 0 aliphatic heterocycles. The summed E-state index contributed by atoms with van der Waals surface area (Å²) in [6.07, 6.45) is 8.22. The second-order valence-corrected chi connectivity index (χ2v) is 5.68. The average molecular weight is 250 g/mol. The average Bonchev–Trinajstić information content (AvgIpc) is 2.96. The van der Waals surface area contributed by atoms with E-state index in [-0.39, 0.29) is 6.10 Å². The molecule has 1 atom stereocenters. The van der Waals surface area contributed by atoms with Gasteiger partial charge in [-0.1, -0.05) is 25.7 Å². The lowest BCUT2D eigenvalue weighted by atomic mass is 9.98. The molecule has 1 aromatic rings. The highest BCUT2D eigenvalue weighted by Gasteiger charge is 2.17. The van der Waals surface area contributed by atoms with Gasteiger partial charge in [-0.25, -0.2) is 0 Å². The summed E-state index contributed by atoms with van der Waals surface area (Å²) in [5, 5.41) is 14.6. The standard InChI is InChI=1S/C15H26N2O/c1-3-17-14(10-12(2)16-17)11-15(18)9-8-13-6-4-5-7-13/h10,13,15,18H,3-9,11H2,1-2H3. The molecule has 0 bridgehead atoms. The Hall–Kier alpha value is -0.830. The van der Waals surface area contributed by atoms with Crippen LogP contribution in [0.4, 0.5) is 0 Å². The Bertz CT molecular complexity index is 367. The summed E-state index contributed by atoms with van der Waals surface area (Å²) in [7, 11) is 0. The highest BCUT2D eigenvalue weighted by Crippen LogP contribution is 2.29. The smallest absolute Gasteiger partial charge is 0.0596 e. The number of aromatic nitrogens is 2. The van der Waals surface area contributed by atoms with E-state index in [2.05, 4.69) is 18.1 Å². The van der Waals surface area contributed by atoms with Gasteiger partial charge in [0, 0.05) is 18.7 Å². The molecule has 0 aromatic carbocycles. The van der Waals surface area contributed by atoms with Crippen LogP contribution in [-0.2, 0) is 13.0 Å². The fourth-order valence-electron chi connectivity index (χ4n) is 3.11. The minimum atomic E-state index is -0.202. The molecule has 3 heteroatoms. The lowest BCUT2D eigenvalue weighted by Gasteiger charge is -2.14. The van der Waals surface area contributed by atoms with Crippen LogP contribution in [0, 0.1) is 12.8 Å². The molecule has 1 N–H and O–H groups in total. The molecule has 3 nitrogen and oxygen atoms in total. The van der Waals surface area contributed by atoms with Crippen molar-refractivity contribution in [3.63, 3.8) is 0 Å². The first-order valence-corrected chi connectivity index (χ1v) is 7.40. The molecule has 1 unspecified atom stereocenters. The van der Waals surface area contributed by atoms with Crippen LogP contribution in [0.2, 0.25) is 0 Å².